The molecular formula is C17H15BrN4O2. The van der Waals surface area contributed by atoms with Crippen molar-refractivity contribution in [1.29, 1.82) is 0 Å². The summed E-state index contributed by atoms with van der Waals surface area (Å²) < 4.78 is 2.69. The van der Waals surface area contributed by atoms with Crippen LogP contribution in [0.25, 0.3) is 0 Å². The first-order valence-electron chi connectivity index (χ1n) is 7.35. The van der Waals surface area contributed by atoms with Gasteiger partial charge >= 0.3 is 0 Å². The first-order valence-corrected chi connectivity index (χ1v) is 8.14. The van der Waals surface area contributed by atoms with E-state index in [1.54, 1.807) is 18.3 Å². The molecule has 0 aliphatic rings. The van der Waals surface area contributed by atoms with Crippen LogP contribution in [0.2, 0.25) is 0 Å². The zero-order valence-corrected chi connectivity index (χ0v) is 14.3. The quantitative estimate of drug-likeness (QED) is 0.508. The molecular weight excluding hydrogens is 372 g/mol. The maximum absolute atomic E-state index is 11.2. The van der Waals surface area contributed by atoms with Crippen molar-refractivity contribution < 1.29 is 4.92 Å². The van der Waals surface area contributed by atoms with Gasteiger partial charge in [-0.15, -0.1) is 0 Å². The van der Waals surface area contributed by atoms with Crippen molar-refractivity contribution in [3.63, 3.8) is 0 Å². The maximum Gasteiger partial charge on any atom is 0.293 e. The van der Waals surface area contributed by atoms with Crippen LogP contribution < -0.4 is 5.32 Å². The number of nitro benzene ring substituents is 1. The Balaban J connectivity index is 1.75. The number of nitro groups is 1. The van der Waals surface area contributed by atoms with Gasteiger partial charge in [0.1, 0.15) is 11.5 Å². The van der Waals surface area contributed by atoms with Gasteiger partial charge in [-0.2, -0.15) is 0 Å². The molecule has 0 unspecified atom stereocenters. The van der Waals surface area contributed by atoms with Gasteiger partial charge in [-0.05, 0) is 17.7 Å². The van der Waals surface area contributed by atoms with Gasteiger partial charge in [0.05, 0.1) is 11.5 Å². The Labute approximate surface area is 147 Å². The second kappa shape index (κ2) is 7.27. The number of benzene rings is 2. The molecule has 7 heteroatoms. The van der Waals surface area contributed by atoms with Gasteiger partial charge in [0.25, 0.3) is 5.69 Å². The number of anilines is 1. The predicted molar refractivity (Wildman–Crippen MR) is 95.9 cm³/mol. The standard InChI is InChI=1S/C17H15BrN4O2/c18-14-6-7-15(16(10-14)22(23)24)20-11-17-19-8-9-21(17)12-13-4-2-1-3-5-13/h1-10,20H,11-12H2. The maximum atomic E-state index is 11.2. The lowest BCUT2D eigenvalue weighted by Crippen LogP contribution is -2.10. The summed E-state index contributed by atoms with van der Waals surface area (Å²) in [6, 6.07) is 15.0. The smallest absolute Gasteiger partial charge is 0.293 e. The van der Waals surface area contributed by atoms with Crippen LogP contribution in [-0.2, 0) is 13.1 Å². The summed E-state index contributed by atoms with van der Waals surface area (Å²) in [4.78, 5) is 15.1. The van der Waals surface area contributed by atoms with Crippen LogP contribution in [-0.4, -0.2) is 14.5 Å². The molecule has 6 nitrogen and oxygen atoms in total. The highest BCUT2D eigenvalue weighted by atomic mass is 79.9. The zero-order valence-electron chi connectivity index (χ0n) is 12.7. The Morgan fingerprint density at radius 3 is 2.75 bits per heavy atom. The average molecular weight is 387 g/mol. The zero-order chi connectivity index (χ0) is 16.9. The Hall–Kier alpha value is -2.67. The van der Waals surface area contributed by atoms with Gasteiger partial charge in [0, 0.05) is 29.5 Å². The summed E-state index contributed by atoms with van der Waals surface area (Å²) in [6.07, 6.45) is 3.63. The average Bonchev–Trinajstić information content (AvgIpc) is 3.01. The third kappa shape index (κ3) is 3.80. The highest BCUT2D eigenvalue weighted by Crippen LogP contribution is 2.28. The van der Waals surface area contributed by atoms with E-state index in [1.807, 2.05) is 29.0 Å². The Bertz CT molecular complexity index is 849. The summed E-state index contributed by atoms with van der Waals surface area (Å²) >= 11 is 3.25. The van der Waals surface area contributed by atoms with Crippen LogP contribution in [0.4, 0.5) is 11.4 Å². The van der Waals surface area contributed by atoms with Gasteiger partial charge in [-0.3, -0.25) is 10.1 Å². The highest BCUT2D eigenvalue weighted by Gasteiger charge is 2.14. The summed E-state index contributed by atoms with van der Waals surface area (Å²) in [5, 5.41) is 14.3. The largest absolute Gasteiger partial charge is 0.372 e. The first kappa shape index (κ1) is 16.2. The molecule has 0 aliphatic heterocycles. The van der Waals surface area contributed by atoms with E-state index in [9.17, 15) is 10.1 Å². The van der Waals surface area contributed by atoms with Crippen molar-refractivity contribution in [2.45, 2.75) is 13.1 Å². The third-order valence-electron chi connectivity index (χ3n) is 3.59. The summed E-state index contributed by atoms with van der Waals surface area (Å²) in [6.45, 7) is 1.11. The SMILES string of the molecule is O=[N+]([O-])c1cc(Br)ccc1NCc1nccn1Cc1ccccc1. The molecule has 122 valence electrons. The van der Waals surface area contributed by atoms with E-state index in [0.717, 1.165) is 5.82 Å². The van der Waals surface area contributed by atoms with E-state index in [4.69, 9.17) is 0 Å². The first-order chi connectivity index (χ1) is 11.6. The number of rotatable bonds is 6. The molecule has 0 bridgehead atoms. The van der Waals surface area contributed by atoms with Crippen molar-refractivity contribution in [2.75, 3.05) is 5.32 Å². The monoisotopic (exact) mass is 386 g/mol. The number of nitrogens with zero attached hydrogens (tertiary/aromatic N) is 3. The molecule has 0 atom stereocenters. The summed E-state index contributed by atoms with van der Waals surface area (Å²) in [7, 11) is 0. The van der Waals surface area contributed by atoms with E-state index in [0.29, 0.717) is 23.2 Å². The fourth-order valence-corrected chi connectivity index (χ4v) is 2.76. The van der Waals surface area contributed by atoms with E-state index < -0.39 is 4.92 Å². The Morgan fingerprint density at radius 2 is 2.00 bits per heavy atom. The van der Waals surface area contributed by atoms with E-state index >= 15 is 0 Å². The molecule has 0 saturated heterocycles. The molecule has 1 N–H and O–H groups in total. The number of hydrogen-bond donors (Lipinski definition) is 1. The molecule has 0 aliphatic carbocycles. The number of aromatic nitrogens is 2. The predicted octanol–water partition coefficient (Wildman–Crippen LogP) is 4.21. The second-order valence-corrected chi connectivity index (χ2v) is 6.14. The highest BCUT2D eigenvalue weighted by molar-refractivity contribution is 9.10. The van der Waals surface area contributed by atoms with Crippen LogP contribution in [0.5, 0.6) is 0 Å². The fraction of sp³-hybridized carbons (Fsp3) is 0.118. The van der Waals surface area contributed by atoms with E-state index in [1.165, 1.54) is 11.6 Å². The number of imidazole rings is 1. The summed E-state index contributed by atoms with van der Waals surface area (Å²) in [5.41, 5.74) is 1.68. The molecule has 3 rings (SSSR count). The number of hydrogen-bond acceptors (Lipinski definition) is 4. The van der Waals surface area contributed by atoms with E-state index in [-0.39, 0.29) is 5.69 Å². The second-order valence-electron chi connectivity index (χ2n) is 5.23. The molecule has 0 saturated carbocycles. The normalized spacial score (nSPS) is 10.5. The van der Waals surface area contributed by atoms with Crippen LogP contribution in [0.3, 0.4) is 0 Å². The molecule has 0 spiro atoms. The molecule has 0 radical (unpaired) electrons. The minimum atomic E-state index is -0.399. The molecule has 1 aromatic heterocycles. The minimum Gasteiger partial charge on any atom is -0.372 e. The molecule has 2 aromatic carbocycles. The van der Waals surface area contributed by atoms with Crippen LogP contribution in [0.1, 0.15) is 11.4 Å². The third-order valence-corrected chi connectivity index (χ3v) is 4.08. The lowest BCUT2D eigenvalue weighted by Gasteiger charge is -2.10. The van der Waals surface area contributed by atoms with Crippen LogP contribution in [0.15, 0.2) is 65.4 Å². The lowest BCUT2D eigenvalue weighted by molar-refractivity contribution is -0.384. The van der Waals surface area contributed by atoms with Crippen molar-refractivity contribution >= 4 is 27.3 Å². The molecule has 1 heterocycles. The molecule has 0 fully saturated rings. The van der Waals surface area contributed by atoms with Gasteiger partial charge in [-0.1, -0.05) is 46.3 Å². The Morgan fingerprint density at radius 1 is 1.21 bits per heavy atom. The van der Waals surface area contributed by atoms with Crippen molar-refractivity contribution in [2.24, 2.45) is 0 Å². The van der Waals surface area contributed by atoms with Crippen LogP contribution >= 0.6 is 15.9 Å². The fourth-order valence-electron chi connectivity index (χ4n) is 2.41. The number of halogens is 1. The van der Waals surface area contributed by atoms with Gasteiger partial charge in [0.15, 0.2) is 0 Å². The minimum absolute atomic E-state index is 0.0329. The lowest BCUT2D eigenvalue weighted by atomic mass is 10.2. The summed E-state index contributed by atoms with van der Waals surface area (Å²) in [5.74, 6) is 0.816. The molecule has 0 amide bonds. The number of nitrogens with one attached hydrogen (secondary N) is 1. The van der Waals surface area contributed by atoms with Crippen molar-refractivity contribution in [3.05, 3.63) is 86.9 Å². The Kier molecular flexibility index (Phi) is 4.90. The van der Waals surface area contributed by atoms with Gasteiger partial charge in [0.2, 0.25) is 0 Å². The molecule has 24 heavy (non-hydrogen) atoms. The van der Waals surface area contributed by atoms with Crippen molar-refractivity contribution in [3.8, 4) is 0 Å². The van der Waals surface area contributed by atoms with Crippen molar-refractivity contribution in [1.82, 2.24) is 9.55 Å². The molecule has 3 aromatic rings. The van der Waals surface area contributed by atoms with Gasteiger partial charge in [-0.25, -0.2) is 4.98 Å². The van der Waals surface area contributed by atoms with Crippen LogP contribution in [0, 0.1) is 10.1 Å². The topological polar surface area (TPSA) is 73.0 Å². The van der Waals surface area contributed by atoms with E-state index in [2.05, 4.69) is 38.4 Å². The van der Waals surface area contributed by atoms with Gasteiger partial charge < -0.3 is 9.88 Å².